The molecule has 0 saturated heterocycles. The summed E-state index contributed by atoms with van der Waals surface area (Å²) in [7, 11) is 1.78. The van der Waals surface area contributed by atoms with Crippen molar-refractivity contribution < 1.29 is 4.74 Å². The molecule has 1 heterocycles. The van der Waals surface area contributed by atoms with Gasteiger partial charge in [-0.25, -0.2) is 4.98 Å². The van der Waals surface area contributed by atoms with Crippen molar-refractivity contribution in [1.82, 2.24) is 9.55 Å². The second kappa shape index (κ2) is 7.90. The molecule has 1 aromatic carbocycles. The molecule has 0 bridgehead atoms. The van der Waals surface area contributed by atoms with E-state index in [2.05, 4.69) is 54.7 Å². The van der Waals surface area contributed by atoms with Gasteiger partial charge in [-0.2, -0.15) is 0 Å². The Balaban J connectivity index is 1.93. The second-order valence-corrected chi connectivity index (χ2v) is 7.25. The highest BCUT2D eigenvalue weighted by molar-refractivity contribution is 5.62. The zero-order valence-electron chi connectivity index (χ0n) is 16.0. The van der Waals surface area contributed by atoms with E-state index >= 15 is 0 Å². The summed E-state index contributed by atoms with van der Waals surface area (Å²) >= 11 is 0. The molecule has 0 radical (unpaired) electrons. The number of imidazole rings is 1. The van der Waals surface area contributed by atoms with Crippen LogP contribution in [0.3, 0.4) is 0 Å². The lowest BCUT2D eigenvalue weighted by molar-refractivity contribution is 0.406. The highest BCUT2D eigenvalue weighted by Crippen LogP contribution is 2.33. The zero-order valence-corrected chi connectivity index (χ0v) is 16.0. The summed E-state index contributed by atoms with van der Waals surface area (Å²) in [5.41, 5.74) is 5.73. The Kier molecular flexibility index (Phi) is 5.62. The van der Waals surface area contributed by atoms with Gasteiger partial charge in [-0.05, 0) is 54.9 Å². The molecule has 0 amide bonds. The van der Waals surface area contributed by atoms with Crippen LogP contribution >= 0.6 is 0 Å². The van der Waals surface area contributed by atoms with Gasteiger partial charge in [-0.3, -0.25) is 0 Å². The molecule has 0 saturated carbocycles. The molecule has 1 aromatic heterocycles. The number of aromatic nitrogens is 2. The van der Waals surface area contributed by atoms with Gasteiger partial charge < -0.3 is 9.30 Å². The number of nitrogens with zero attached hydrogens (tertiary/aromatic N) is 2. The molecule has 2 aromatic rings. The molecule has 1 aliphatic rings. The van der Waals surface area contributed by atoms with E-state index in [0.29, 0.717) is 5.92 Å². The molecule has 3 nitrogen and oxygen atoms in total. The van der Waals surface area contributed by atoms with Crippen molar-refractivity contribution in [2.24, 2.45) is 0 Å². The first kappa shape index (κ1) is 17.8. The van der Waals surface area contributed by atoms with Crippen LogP contribution in [-0.2, 0) is 19.4 Å². The quantitative estimate of drug-likeness (QED) is 0.706. The Labute approximate surface area is 151 Å². The van der Waals surface area contributed by atoms with Gasteiger partial charge in [0.05, 0.1) is 7.11 Å². The van der Waals surface area contributed by atoms with E-state index in [1.54, 1.807) is 7.11 Å². The molecule has 0 spiro atoms. The lowest BCUT2D eigenvalue weighted by Crippen LogP contribution is -2.08. The third-order valence-electron chi connectivity index (χ3n) is 5.20. The van der Waals surface area contributed by atoms with Gasteiger partial charge in [0.1, 0.15) is 11.6 Å². The SMILES string of the molecule is CC/C(=C/c1ccc(OC)c2c1CCCC2)Cn1ccnc1C(C)C. The fraction of sp³-hybridized carbons (Fsp3) is 0.500. The minimum atomic E-state index is 0.446. The van der Waals surface area contributed by atoms with Gasteiger partial charge >= 0.3 is 0 Å². The molecular formula is C22H30N2O. The van der Waals surface area contributed by atoms with Crippen LogP contribution in [0, 0.1) is 0 Å². The summed E-state index contributed by atoms with van der Waals surface area (Å²) in [4.78, 5) is 4.52. The van der Waals surface area contributed by atoms with Gasteiger partial charge in [0.25, 0.3) is 0 Å². The Bertz CT molecular complexity index is 755. The van der Waals surface area contributed by atoms with Crippen LogP contribution in [0.5, 0.6) is 5.75 Å². The predicted octanol–water partition coefficient (Wildman–Crippen LogP) is 5.39. The molecule has 1 aliphatic carbocycles. The Morgan fingerprint density at radius 1 is 1.24 bits per heavy atom. The first-order chi connectivity index (χ1) is 12.1. The van der Waals surface area contributed by atoms with E-state index in [1.165, 1.54) is 35.1 Å². The van der Waals surface area contributed by atoms with Crippen molar-refractivity contribution in [2.45, 2.75) is 65.3 Å². The van der Waals surface area contributed by atoms with Gasteiger partial charge in [-0.15, -0.1) is 0 Å². The monoisotopic (exact) mass is 338 g/mol. The maximum absolute atomic E-state index is 5.59. The number of ether oxygens (including phenoxy) is 1. The van der Waals surface area contributed by atoms with Crippen molar-refractivity contribution in [3.63, 3.8) is 0 Å². The van der Waals surface area contributed by atoms with Crippen molar-refractivity contribution in [3.8, 4) is 5.75 Å². The fourth-order valence-corrected chi connectivity index (χ4v) is 3.84. The first-order valence-corrected chi connectivity index (χ1v) is 9.53. The van der Waals surface area contributed by atoms with E-state index < -0.39 is 0 Å². The standard InChI is InChI=1S/C22H30N2O/c1-5-17(15-24-13-12-23-22(24)16(2)3)14-18-10-11-21(25-4)20-9-7-6-8-19(18)20/h10-14,16H,5-9,15H2,1-4H3/b17-14-. The van der Waals surface area contributed by atoms with Gasteiger partial charge in [-0.1, -0.05) is 38.5 Å². The molecule has 3 heteroatoms. The summed E-state index contributed by atoms with van der Waals surface area (Å²) in [6, 6.07) is 4.37. The maximum Gasteiger partial charge on any atom is 0.122 e. The molecule has 0 fully saturated rings. The molecule has 25 heavy (non-hydrogen) atoms. The second-order valence-electron chi connectivity index (χ2n) is 7.25. The average Bonchev–Trinajstić information content (AvgIpc) is 3.09. The highest BCUT2D eigenvalue weighted by Gasteiger charge is 2.17. The smallest absolute Gasteiger partial charge is 0.122 e. The molecule has 0 unspecified atom stereocenters. The topological polar surface area (TPSA) is 27.1 Å². The Morgan fingerprint density at radius 2 is 2.00 bits per heavy atom. The number of rotatable bonds is 6. The molecule has 3 rings (SSSR count). The van der Waals surface area contributed by atoms with Crippen molar-refractivity contribution in [1.29, 1.82) is 0 Å². The minimum absolute atomic E-state index is 0.446. The van der Waals surface area contributed by atoms with Crippen molar-refractivity contribution in [3.05, 3.63) is 52.6 Å². The Hall–Kier alpha value is -2.03. The summed E-state index contributed by atoms with van der Waals surface area (Å²) in [6.45, 7) is 7.57. The van der Waals surface area contributed by atoms with Crippen LogP contribution in [0.4, 0.5) is 0 Å². The Morgan fingerprint density at radius 3 is 2.68 bits per heavy atom. The number of hydrogen-bond acceptors (Lipinski definition) is 2. The number of methoxy groups -OCH3 is 1. The first-order valence-electron chi connectivity index (χ1n) is 9.53. The van der Waals surface area contributed by atoms with Crippen LogP contribution in [0.2, 0.25) is 0 Å². The van der Waals surface area contributed by atoms with Crippen LogP contribution in [0.1, 0.15) is 68.5 Å². The third-order valence-corrected chi connectivity index (χ3v) is 5.20. The summed E-state index contributed by atoms with van der Waals surface area (Å²) in [6.07, 6.45) is 12.3. The van der Waals surface area contributed by atoms with E-state index in [4.69, 9.17) is 4.74 Å². The summed E-state index contributed by atoms with van der Waals surface area (Å²) in [5.74, 6) is 2.67. The average molecular weight is 338 g/mol. The molecule has 134 valence electrons. The van der Waals surface area contributed by atoms with Crippen LogP contribution in [0.25, 0.3) is 6.08 Å². The molecule has 0 aliphatic heterocycles. The summed E-state index contributed by atoms with van der Waals surface area (Å²) < 4.78 is 7.88. The zero-order chi connectivity index (χ0) is 17.8. The van der Waals surface area contributed by atoms with E-state index in [1.807, 2.05) is 6.20 Å². The lowest BCUT2D eigenvalue weighted by atomic mass is 9.87. The number of benzene rings is 1. The minimum Gasteiger partial charge on any atom is -0.496 e. The fourth-order valence-electron chi connectivity index (χ4n) is 3.84. The normalized spacial score (nSPS) is 14.7. The third kappa shape index (κ3) is 3.81. The number of hydrogen-bond donors (Lipinski definition) is 0. The molecule has 0 atom stereocenters. The predicted molar refractivity (Wildman–Crippen MR) is 104 cm³/mol. The van der Waals surface area contributed by atoms with Crippen LogP contribution in [-0.4, -0.2) is 16.7 Å². The molecular weight excluding hydrogens is 308 g/mol. The van der Waals surface area contributed by atoms with Crippen molar-refractivity contribution in [2.75, 3.05) is 7.11 Å². The van der Waals surface area contributed by atoms with Gasteiger partial charge in [0.2, 0.25) is 0 Å². The summed E-state index contributed by atoms with van der Waals surface area (Å²) in [5, 5.41) is 0. The highest BCUT2D eigenvalue weighted by atomic mass is 16.5. The van der Waals surface area contributed by atoms with Crippen molar-refractivity contribution >= 4 is 6.08 Å². The molecule has 0 N–H and O–H groups in total. The van der Waals surface area contributed by atoms with Crippen LogP contribution < -0.4 is 4.74 Å². The van der Waals surface area contributed by atoms with E-state index in [-0.39, 0.29) is 0 Å². The van der Waals surface area contributed by atoms with E-state index in [9.17, 15) is 0 Å². The lowest BCUT2D eigenvalue weighted by Gasteiger charge is -2.21. The number of fused-ring (bicyclic) bond motifs is 1. The van der Waals surface area contributed by atoms with E-state index in [0.717, 1.165) is 37.4 Å². The maximum atomic E-state index is 5.59. The largest absolute Gasteiger partial charge is 0.496 e. The number of allylic oxidation sites excluding steroid dienone is 1. The van der Waals surface area contributed by atoms with Crippen LogP contribution in [0.15, 0.2) is 30.1 Å². The van der Waals surface area contributed by atoms with Gasteiger partial charge in [0.15, 0.2) is 0 Å². The van der Waals surface area contributed by atoms with Gasteiger partial charge in [0, 0.05) is 24.9 Å².